The number of halogens is 1. The zero-order valence-corrected chi connectivity index (χ0v) is 9.67. The Morgan fingerprint density at radius 2 is 1.94 bits per heavy atom. The van der Waals surface area contributed by atoms with Gasteiger partial charge in [0.25, 0.3) is 0 Å². The van der Waals surface area contributed by atoms with E-state index in [1.807, 2.05) is 24.3 Å². The molecule has 2 rings (SSSR count). The second-order valence-corrected chi connectivity index (χ2v) is 4.30. The van der Waals surface area contributed by atoms with Gasteiger partial charge in [0.1, 0.15) is 5.75 Å². The van der Waals surface area contributed by atoms with Gasteiger partial charge in [-0.25, -0.2) is 0 Å². The summed E-state index contributed by atoms with van der Waals surface area (Å²) in [5.74, 6) is 0.336. The van der Waals surface area contributed by atoms with Crippen molar-refractivity contribution >= 4 is 22.4 Å². The number of aryl methyl sites for hydroxylation is 1. The molecule has 84 valence electrons. The smallest absolute Gasteiger partial charge is 0.119 e. The summed E-state index contributed by atoms with van der Waals surface area (Å²) in [6.07, 6.45) is 1.67. The number of aromatic hydroxyl groups is 1. The quantitative estimate of drug-likeness (QED) is 0.859. The van der Waals surface area contributed by atoms with E-state index in [9.17, 15) is 5.11 Å². The molecule has 3 N–H and O–H groups in total. The lowest BCUT2D eigenvalue weighted by Gasteiger charge is -2.06. The Morgan fingerprint density at radius 3 is 2.69 bits per heavy atom. The maximum Gasteiger partial charge on any atom is 0.119 e. The molecule has 0 saturated heterocycles. The molecule has 0 saturated carbocycles. The lowest BCUT2D eigenvalue weighted by atomic mass is 10.0. The number of nitrogens with two attached hydrogens (primary N) is 1. The second kappa shape index (κ2) is 4.73. The monoisotopic (exact) mass is 235 g/mol. The highest BCUT2D eigenvalue weighted by Crippen LogP contribution is 2.27. The van der Waals surface area contributed by atoms with Crippen molar-refractivity contribution in [2.45, 2.75) is 12.8 Å². The van der Waals surface area contributed by atoms with Crippen molar-refractivity contribution in [3.63, 3.8) is 0 Å². The minimum Gasteiger partial charge on any atom is -0.508 e. The number of fused-ring (bicyclic) bond motifs is 1. The molecule has 2 nitrogen and oxygen atoms in total. The highest BCUT2D eigenvalue weighted by molar-refractivity contribution is 6.31. The summed E-state index contributed by atoms with van der Waals surface area (Å²) >= 11 is 5.93. The zero-order chi connectivity index (χ0) is 11.5. The predicted molar refractivity (Wildman–Crippen MR) is 68.0 cm³/mol. The normalized spacial score (nSPS) is 10.9. The van der Waals surface area contributed by atoms with Crippen molar-refractivity contribution < 1.29 is 5.11 Å². The van der Waals surface area contributed by atoms with E-state index in [-0.39, 0.29) is 0 Å². The van der Waals surface area contributed by atoms with E-state index in [2.05, 4.69) is 0 Å². The minimum absolute atomic E-state index is 0.336. The lowest BCUT2D eigenvalue weighted by Crippen LogP contribution is -2.00. The molecule has 0 amide bonds. The highest BCUT2D eigenvalue weighted by Gasteiger charge is 2.04. The van der Waals surface area contributed by atoms with Gasteiger partial charge in [0, 0.05) is 5.02 Å². The molecule has 2 aromatic carbocycles. The molecule has 0 fully saturated rings. The molecular formula is C13H14ClNO. The second-order valence-electron chi connectivity index (χ2n) is 3.86. The fraction of sp³-hybridized carbons (Fsp3) is 0.231. The third-order valence-electron chi connectivity index (χ3n) is 2.65. The number of rotatable bonds is 3. The Kier molecular flexibility index (Phi) is 3.32. The van der Waals surface area contributed by atoms with Crippen molar-refractivity contribution in [3.8, 4) is 5.75 Å². The molecule has 0 aromatic heterocycles. The van der Waals surface area contributed by atoms with E-state index < -0.39 is 0 Å². The molecule has 0 unspecified atom stereocenters. The van der Waals surface area contributed by atoms with Crippen LogP contribution < -0.4 is 5.73 Å². The van der Waals surface area contributed by atoms with Crippen LogP contribution in [0.1, 0.15) is 12.0 Å². The maximum atomic E-state index is 9.83. The number of phenols is 1. The van der Waals surface area contributed by atoms with Crippen LogP contribution >= 0.6 is 11.6 Å². The molecule has 0 aliphatic rings. The van der Waals surface area contributed by atoms with E-state index in [1.54, 1.807) is 6.07 Å². The highest BCUT2D eigenvalue weighted by atomic mass is 35.5. The summed E-state index contributed by atoms with van der Waals surface area (Å²) in [6, 6.07) is 9.39. The van der Waals surface area contributed by atoms with Crippen LogP contribution in [0.5, 0.6) is 5.75 Å². The first kappa shape index (κ1) is 11.2. The average Bonchev–Trinajstić information content (AvgIpc) is 2.27. The Morgan fingerprint density at radius 1 is 1.12 bits per heavy atom. The molecule has 0 bridgehead atoms. The summed E-state index contributed by atoms with van der Waals surface area (Å²) in [7, 11) is 0. The number of hydrogen-bond donors (Lipinski definition) is 2. The van der Waals surface area contributed by atoms with E-state index in [1.165, 1.54) is 0 Å². The topological polar surface area (TPSA) is 46.2 Å². The Hall–Kier alpha value is -1.25. The van der Waals surface area contributed by atoms with E-state index in [0.717, 1.165) is 29.2 Å². The third kappa shape index (κ3) is 2.29. The first-order valence-electron chi connectivity index (χ1n) is 5.32. The SMILES string of the molecule is NCCCc1cc2cc(Cl)ccc2cc1O. The van der Waals surface area contributed by atoms with Crippen LogP contribution in [-0.4, -0.2) is 11.7 Å². The van der Waals surface area contributed by atoms with Crippen molar-refractivity contribution in [2.24, 2.45) is 5.73 Å². The first-order chi connectivity index (χ1) is 7.70. The molecule has 2 aromatic rings. The molecule has 0 spiro atoms. The molecule has 0 aliphatic heterocycles. The molecule has 0 radical (unpaired) electrons. The van der Waals surface area contributed by atoms with Crippen molar-refractivity contribution in [3.05, 3.63) is 40.9 Å². The zero-order valence-electron chi connectivity index (χ0n) is 8.91. The van der Waals surface area contributed by atoms with Gasteiger partial charge in [-0.1, -0.05) is 17.7 Å². The van der Waals surface area contributed by atoms with Crippen LogP contribution in [0, 0.1) is 0 Å². The molecule has 3 heteroatoms. The summed E-state index contributed by atoms with van der Waals surface area (Å²) in [4.78, 5) is 0. The van der Waals surface area contributed by atoms with Gasteiger partial charge in [-0.05, 0) is 60.0 Å². The fourth-order valence-electron chi connectivity index (χ4n) is 1.80. The van der Waals surface area contributed by atoms with E-state index >= 15 is 0 Å². The summed E-state index contributed by atoms with van der Waals surface area (Å²) in [6.45, 7) is 0.632. The number of phenolic OH excluding ortho intramolecular Hbond substituents is 1. The van der Waals surface area contributed by atoms with Gasteiger partial charge in [0.15, 0.2) is 0 Å². The molecular weight excluding hydrogens is 222 g/mol. The van der Waals surface area contributed by atoms with Gasteiger partial charge in [-0.2, -0.15) is 0 Å². The van der Waals surface area contributed by atoms with Crippen LogP contribution in [0.2, 0.25) is 5.02 Å². The van der Waals surface area contributed by atoms with Gasteiger partial charge in [0.2, 0.25) is 0 Å². The lowest BCUT2D eigenvalue weighted by molar-refractivity contribution is 0.468. The van der Waals surface area contributed by atoms with E-state index in [0.29, 0.717) is 17.3 Å². The maximum absolute atomic E-state index is 9.83. The summed E-state index contributed by atoms with van der Waals surface area (Å²) in [5.41, 5.74) is 6.39. The molecule has 0 aliphatic carbocycles. The Balaban J connectivity index is 2.46. The Labute approximate surface area is 99.6 Å². The predicted octanol–water partition coefficient (Wildman–Crippen LogP) is 3.09. The largest absolute Gasteiger partial charge is 0.508 e. The Bertz CT molecular complexity index is 511. The fourth-order valence-corrected chi connectivity index (χ4v) is 1.98. The van der Waals surface area contributed by atoms with Gasteiger partial charge in [-0.15, -0.1) is 0 Å². The average molecular weight is 236 g/mol. The molecule has 0 heterocycles. The summed E-state index contributed by atoms with van der Waals surface area (Å²) < 4.78 is 0. The van der Waals surface area contributed by atoms with Crippen LogP contribution in [-0.2, 0) is 6.42 Å². The van der Waals surface area contributed by atoms with E-state index in [4.69, 9.17) is 17.3 Å². The van der Waals surface area contributed by atoms with Crippen LogP contribution in [0.4, 0.5) is 0 Å². The van der Waals surface area contributed by atoms with Crippen LogP contribution in [0.25, 0.3) is 10.8 Å². The van der Waals surface area contributed by atoms with Gasteiger partial charge >= 0.3 is 0 Å². The molecule has 16 heavy (non-hydrogen) atoms. The van der Waals surface area contributed by atoms with Gasteiger partial charge in [-0.3, -0.25) is 0 Å². The van der Waals surface area contributed by atoms with Crippen LogP contribution in [0.3, 0.4) is 0 Å². The van der Waals surface area contributed by atoms with Crippen molar-refractivity contribution in [2.75, 3.05) is 6.54 Å². The van der Waals surface area contributed by atoms with Gasteiger partial charge < -0.3 is 10.8 Å². The minimum atomic E-state index is 0.336. The van der Waals surface area contributed by atoms with Crippen molar-refractivity contribution in [1.82, 2.24) is 0 Å². The van der Waals surface area contributed by atoms with Crippen LogP contribution in [0.15, 0.2) is 30.3 Å². The third-order valence-corrected chi connectivity index (χ3v) is 2.89. The molecule has 0 atom stereocenters. The standard InChI is InChI=1S/C13H14ClNO/c14-12-4-3-9-8-13(16)10(2-1-5-15)6-11(9)7-12/h3-4,6-8,16H,1-2,5,15H2. The van der Waals surface area contributed by atoms with Gasteiger partial charge in [0.05, 0.1) is 0 Å². The van der Waals surface area contributed by atoms with Crippen molar-refractivity contribution in [1.29, 1.82) is 0 Å². The summed E-state index contributed by atoms with van der Waals surface area (Å²) in [5, 5.41) is 12.6. The number of benzene rings is 2. The number of hydrogen-bond acceptors (Lipinski definition) is 2. The first-order valence-corrected chi connectivity index (χ1v) is 5.70.